The van der Waals surface area contributed by atoms with Gasteiger partial charge in [0.1, 0.15) is 0 Å². The molecule has 130 valence electrons. The third kappa shape index (κ3) is 3.62. The van der Waals surface area contributed by atoms with E-state index in [9.17, 15) is 0 Å². The van der Waals surface area contributed by atoms with Crippen molar-refractivity contribution in [1.82, 2.24) is 40.4 Å². The van der Waals surface area contributed by atoms with Gasteiger partial charge in [0, 0.05) is 12.2 Å². The Morgan fingerprint density at radius 3 is 2.08 bits per heavy atom. The lowest BCUT2D eigenvalue weighted by Crippen LogP contribution is -2.04. The second-order valence-electron chi connectivity index (χ2n) is 5.50. The van der Waals surface area contributed by atoms with Gasteiger partial charge in [-0.2, -0.15) is 9.36 Å². The Morgan fingerprint density at radius 2 is 1.35 bits per heavy atom. The molecule has 9 heteroatoms. The second kappa shape index (κ2) is 7.87. The van der Waals surface area contributed by atoms with E-state index in [0.717, 1.165) is 41.0 Å². The fraction of sp³-hybridized carbons (Fsp3) is 0.176. The van der Waals surface area contributed by atoms with Crippen LogP contribution >= 0.6 is 11.8 Å². The van der Waals surface area contributed by atoms with Gasteiger partial charge in [-0.15, -0.1) is 10.2 Å². The molecule has 4 aromatic rings. The number of rotatable bonds is 7. The van der Waals surface area contributed by atoms with Crippen molar-refractivity contribution in [2.24, 2.45) is 0 Å². The predicted octanol–water partition coefficient (Wildman–Crippen LogP) is 2.36. The number of para-hydroxylation sites is 2. The van der Waals surface area contributed by atoms with Gasteiger partial charge in [0.25, 0.3) is 0 Å². The average Bonchev–Trinajstić information content (AvgIpc) is 3.36. The van der Waals surface area contributed by atoms with Crippen LogP contribution in [0.3, 0.4) is 0 Å². The summed E-state index contributed by atoms with van der Waals surface area (Å²) in [5.41, 5.74) is 1.92. The predicted molar refractivity (Wildman–Crippen MR) is 97.4 cm³/mol. The van der Waals surface area contributed by atoms with E-state index in [1.165, 1.54) is 0 Å². The number of hydrogen-bond donors (Lipinski definition) is 0. The van der Waals surface area contributed by atoms with Crippen LogP contribution in [0.25, 0.3) is 11.4 Å². The maximum Gasteiger partial charge on any atom is 0.214 e. The van der Waals surface area contributed by atoms with Crippen LogP contribution in [-0.2, 0) is 6.42 Å². The molecule has 2 heterocycles. The van der Waals surface area contributed by atoms with Crippen LogP contribution in [0.5, 0.6) is 0 Å². The summed E-state index contributed by atoms with van der Waals surface area (Å²) in [6.07, 6.45) is 1.70. The first-order valence-electron chi connectivity index (χ1n) is 8.21. The van der Waals surface area contributed by atoms with Gasteiger partial charge in [-0.1, -0.05) is 48.2 Å². The SMILES string of the molecule is c1ccc(-n2nnnc2CCCSc2nnnn2-c2ccccc2)cc1. The van der Waals surface area contributed by atoms with Crippen molar-refractivity contribution in [3.05, 3.63) is 66.5 Å². The number of benzene rings is 2. The van der Waals surface area contributed by atoms with Gasteiger partial charge in [-0.25, -0.2) is 0 Å². The molecule has 0 fully saturated rings. The van der Waals surface area contributed by atoms with Gasteiger partial charge in [-0.3, -0.25) is 0 Å². The van der Waals surface area contributed by atoms with E-state index in [0.29, 0.717) is 0 Å². The largest absolute Gasteiger partial charge is 0.214 e. The number of tetrazole rings is 2. The smallest absolute Gasteiger partial charge is 0.197 e. The highest BCUT2D eigenvalue weighted by Gasteiger charge is 2.10. The van der Waals surface area contributed by atoms with Gasteiger partial charge in [0.2, 0.25) is 5.16 Å². The molecule has 2 aromatic carbocycles. The molecule has 0 saturated heterocycles. The van der Waals surface area contributed by atoms with E-state index in [1.807, 2.05) is 60.7 Å². The molecule has 0 aliphatic heterocycles. The number of aryl methyl sites for hydroxylation is 1. The highest BCUT2D eigenvalue weighted by Crippen LogP contribution is 2.19. The fourth-order valence-corrected chi connectivity index (χ4v) is 3.35. The molecule has 2 aromatic heterocycles. The van der Waals surface area contributed by atoms with Crippen molar-refractivity contribution in [3.63, 3.8) is 0 Å². The Balaban J connectivity index is 1.36. The molecule has 0 aliphatic carbocycles. The van der Waals surface area contributed by atoms with Gasteiger partial charge in [0.05, 0.1) is 11.4 Å². The minimum Gasteiger partial charge on any atom is -0.197 e. The summed E-state index contributed by atoms with van der Waals surface area (Å²) in [7, 11) is 0. The highest BCUT2D eigenvalue weighted by atomic mass is 32.2. The van der Waals surface area contributed by atoms with E-state index >= 15 is 0 Å². The van der Waals surface area contributed by atoms with Crippen LogP contribution < -0.4 is 0 Å². The minimum atomic E-state index is 0.777. The van der Waals surface area contributed by atoms with E-state index in [2.05, 4.69) is 31.1 Å². The highest BCUT2D eigenvalue weighted by molar-refractivity contribution is 7.99. The molecule has 0 radical (unpaired) electrons. The van der Waals surface area contributed by atoms with Crippen molar-refractivity contribution in [1.29, 1.82) is 0 Å². The molecule has 0 N–H and O–H groups in total. The molecule has 4 rings (SSSR count). The summed E-state index contributed by atoms with van der Waals surface area (Å²) in [5, 5.41) is 24.8. The van der Waals surface area contributed by atoms with Crippen LogP contribution in [0.1, 0.15) is 12.2 Å². The van der Waals surface area contributed by atoms with Crippen molar-refractivity contribution < 1.29 is 0 Å². The molecular formula is C17H16N8S. The standard InChI is InChI=1S/C17H16N8S/c1-3-8-14(9-4-1)24-16(18-20-22-24)12-7-13-26-17-19-21-23-25(17)15-10-5-2-6-11-15/h1-6,8-11H,7,12-13H2. The lowest BCUT2D eigenvalue weighted by molar-refractivity contribution is 0.743. The number of thioether (sulfide) groups is 1. The zero-order chi connectivity index (χ0) is 17.6. The summed E-state index contributed by atoms with van der Waals surface area (Å²) in [6.45, 7) is 0. The molecule has 8 nitrogen and oxygen atoms in total. The van der Waals surface area contributed by atoms with Gasteiger partial charge >= 0.3 is 0 Å². The van der Waals surface area contributed by atoms with Gasteiger partial charge in [0.15, 0.2) is 5.82 Å². The van der Waals surface area contributed by atoms with Crippen LogP contribution in [-0.4, -0.2) is 46.2 Å². The third-order valence-electron chi connectivity index (χ3n) is 3.75. The first-order valence-corrected chi connectivity index (χ1v) is 9.19. The summed E-state index contributed by atoms with van der Waals surface area (Å²) in [6, 6.07) is 19.8. The normalized spacial score (nSPS) is 10.9. The molecule has 0 bridgehead atoms. The van der Waals surface area contributed by atoms with Gasteiger partial charge < -0.3 is 0 Å². The summed E-state index contributed by atoms with van der Waals surface area (Å²) in [5.74, 6) is 1.72. The van der Waals surface area contributed by atoms with Crippen molar-refractivity contribution in [2.75, 3.05) is 5.75 Å². The lowest BCUT2D eigenvalue weighted by atomic mass is 10.3. The zero-order valence-corrected chi connectivity index (χ0v) is 14.7. The van der Waals surface area contributed by atoms with Gasteiger partial charge in [-0.05, 0) is 51.5 Å². The maximum absolute atomic E-state index is 4.14. The Labute approximate surface area is 154 Å². The molecule has 0 amide bonds. The minimum absolute atomic E-state index is 0.777. The first kappa shape index (κ1) is 16.4. The van der Waals surface area contributed by atoms with E-state index in [-0.39, 0.29) is 0 Å². The number of nitrogens with zero attached hydrogens (tertiary/aromatic N) is 8. The molecule has 0 spiro atoms. The molecule has 0 unspecified atom stereocenters. The number of hydrogen-bond acceptors (Lipinski definition) is 7. The fourth-order valence-electron chi connectivity index (χ4n) is 2.53. The molecule has 26 heavy (non-hydrogen) atoms. The molecular weight excluding hydrogens is 348 g/mol. The summed E-state index contributed by atoms with van der Waals surface area (Å²) in [4.78, 5) is 0. The van der Waals surface area contributed by atoms with E-state index in [1.54, 1.807) is 21.1 Å². The monoisotopic (exact) mass is 364 g/mol. The third-order valence-corrected chi connectivity index (χ3v) is 4.76. The van der Waals surface area contributed by atoms with Crippen LogP contribution in [0.15, 0.2) is 65.8 Å². The second-order valence-corrected chi connectivity index (χ2v) is 6.57. The van der Waals surface area contributed by atoms with Crippen LogP contribution in [0.4, 0.5) is 0 Å². The van der Waals surface area contributed by atoms with E-state index in [4.69, 9.17) is 0 Å². The summed E-state index contributed by atoms with van der Waals surface area (Å²) >= 11 is 1.62. The van der Waals surface area contributed by atoms with Crippen LogP contribution in [0, 0.1) is 0 Å². The first-order chi connectivity index (χ1) is 12.9. The average molecular weight is 364 g/mol. The maximum atomic E-state index is 4.14. The Hall–Kier alpha value is -3.07. The molecule has 0 saturated carbocycles. The number of aromatic nitrogens is 8. The van der Waals surface area contributed by atoms with Crippen molar-refractivity contribution >= 4 is 11.8 Å². The zero-order valence-electron chi connectivity index (χ0n) is 13.9. The molecule has 0 aliphatic rings. The Bertz CT molecular complexity index is 871. The quantitative estimate of drug-likeness (QED) is 0.367. The summed E-state index contributed by atoms with van der Waals surface area (Å²) < 4.78 is 3.53. The van der Waals surface area contributed by atoms with Crippen LogP contribution in [0.2, 0.25) is 0 Å². The molecule has 0 atom stereocenters. The Kier molecular flexibility index (Phi) is 4.97. The van der Waals surface area contributed by atoms with Crippen molar-refractivity contribution in [3.8, 4) is 11.4 Å². The topological polar surface area (TPSA) is 87.2 Å². The van der Waals surface area contributed by atoms with Crippen molar-refractivity contribution in [2.45, 2.75) is 18.0 Å². The Morgan fingerprint density at radius 1 is 0.731 bits per heavy atom. The van der Waals surface area contributed by atoms with E-state index < -0.39 is 0 Å². The lowest BCUT2D eigenvalue weighted by Gasteiger charge is -2.05.